The number of benzene rings is 1. The molecule has 2 aromatic heterocycles. The summed E-state index contributed by atoms with van der Waals surface area (Å²) in [5.41, 5.74) is 4.57. The molecule has 3 nitrogen and oxygen atoms in total. The average molecular weight is 345 g/mol. The molecule has 0 aliphatic carbocycles. The van der Waals surface area contributed by atoms with Crippen LogP contribution in [0.5, 0.6) is 0 Å². The van der Waals surface area contributed by atoms with Gasteiger partial charge in [0.2, 0.25) is 0 Å². The van der Waals surface area contributed by atoms with Gasteiger partial charge in [-0.25, -0.2) is 0 Å². The predicted octanol–water partition coefficient (Wildman–Crippen LogP) is 5.87. The van der Waals surface area contributed by atoms with Gasteiger partial charge < -0.3 is 0 Å². The van der Waals surface area contributed by atoms with Crippen molar-refractivity contribution in [2.24, 2.45) is 16.1 Å². The zero-order chi connectivity index (χ0) is 16.9. The molecule has 3 heterocycles. The van der Waals surface area contributed by atoms with Gasteiger partial charge in [0.05, 0.1) is 12.2 Å². The summed E-state index contributed by atoms with van der Waals surface area (Å²) in [4.78, 5) is 5.71. The van der Waals surface area contributed by atoms with Crippen LogP contribution in [0.3, 0.4) is 0 Å². The fourth-order valence-electron chi connectivity index (χ4n) is 3.09. The van der Waals surface area contributed by atoms with Crippen molar-refractivity contribution in [2.45, 2.75) is 12.8 Å². The van der Waals surface area contributed by atoms with Gasteiger partial charge in [0.25, 0.3) is 0 Å². The molecule has 3 aromatic rings. The SMILES string of the molecule is C1=C(c2ccccc2)N=NCCC1Cc1cncc(-c2cccs2)c1. The van der Waals surface area contributed by atoms with Crippen LogP contribution in [0.1, 0.15) is 17.5 Å². The van der Waals surface area contributed by atoms with Gasteiger partial charge in [0.15, 0.2) is 0 Å². The van der Waals surface area contributed by atoms with Crippen LogP contribution >= 0.6 is 11.3 Å². The van der Waals surface area contributed by atoms with E-state index in [2.05, 4.69) is 57.0 Å². The largest absolute Gasteiger partial charge is 0.264 e. The summed E-state index contributed by atoms with van der Waals surface area (Å²) in [5.74, 6) is 0.422. The number of hydrogen-bond acceptors (Lipinski definition) is 4. The molecule has 124 valence electrons. The molecule has 1 aliphatic rings. The Morgan fingerprint density at radius 2 is 1.92 bits per heavy atom. The monoisotopic (exact) mass is 345 g/mol. The highest BCUT2D eigenvalue weighted by atomic mass is 32.1. The summed E-state index contributed by atoms with van der Waals surface area (Å²) in [7, 11) is 0. The van der Waals surface area contributed by atoms with Crippen molar-refractivity contribution in [1.29, 1.82) is 0 Å². The van der Waals surface area contributed by atoms with Crippen LogP contribution in [-0.4, -0.2) is 11.5 Å². The number of thiophene rings is 1. The van der Waals surface area contributed by atoms with Gasteiger partial charge in [-0.15, -0.1) is 11.3 Å². The van der Waals surface area contributed by atoms with Crippen LogP contribution in [-0.2, 0) is 6.42 Å². The summed E-state index contributed by atoms with van der Waals surface area (Å²) < 4.78 is 0. The van der Waals surface area contributed by atoms with Gasteiger partial charge in [0.1, 0.15) is 0 Å². The van der Waals surface area contributed by atoms with E-state index in [4.69, 9.17) is 0 Å². The topological polar surface area (TPSA) is 37.6 Å². The number of nitrogens with zero attached hydrogens (tertiary/aromatic N) is 3. The second kappa shape index (κ2) is 7.53. The Hall–Kier alpha value is -2.59. The molecule has 0 bridgehead atoms. The Bertz CT molecular complexity index is 883. The first-order valence-electron chi connectivity index (χ1n) is 8.51. The van der Waals surface area contributed by atoms with E-state index in [1.165, 1.54) is 16.0 Å². The summed E-state index contributed by atoms with van der Waals surface area (Å²) in [6, 6.07) is 16.8. The van der Waals surface area contributed by atoms with E-state index in [1.54, 1.807) is 11.3 Å². The molecule has 0 spiro atoms. The van der Waals surface area contributed by atoms with E-state index in [0.29, 0.717) is 5.92 Å². The molecule has 25 heavy (non-hydrogen) atoms. The van der Waals surface area contributed by atoms with Crippen molar-refractivity contribution in [3.63, 3.8) is 0 Å². The summed E-state index contributed by atoms with van der Waals surface area (Å²) in [5, 5.41) is 10.8. The molecule has 1 atom stereocenters. The molecular weight excluding hydrogens is 326 g/mol. The lowest BCUT2D eigenvalue weighted by atomic mass is 9.94. The molecule has 4 rings (SSSR count). The molecule has 0 saturated carbocycles. The fourth-order valence-corrected chi connectivity index (χ4v) is 3.80. The Kier molecular flexibility index (Phi) is 4.79. The lowest BCUT2D eigenvalue weighted by Gasteiger charge is -2.11. The van der Waals surface area contributed by atoms with Crippen molar-refractivity contribution < 1.29 is 0 Å². The Morgan fingerprint density at radius 3 is 2.76 bits per heavy atom. The molecule has 1 unspecified atom stereocenters. The zero-order valence-electron chi connectivity index (χ0n) is 13.9. The smallest absolute Gasteiger partial charge is 0.0887 e. The van der Waals surface area contributed by atoms with E-state index in [0.717, 1.165) is 30.6 Å². The molecule has 0 radical (unpaired) electrons. The van der Waals surface area contributed by atoms with E-state index in [-0.39, 0.29) is 0 Å². The second-order valence-corrected chi connectivity index (χ2v) is 7.14. The normalized spacial score (nSPS) is 17.1. The maximum absolute atomic E-state index is 4.45. The van der Waals surface area contributed by atoms with Crippen molar-refractivity contribution in [3.05, 3.63) is 83.5 Å². The second-order valence-electron chi connectivity index (χ2n) is 6.20. The third-order valence-electron chi connectivity index (χ3n) is 4.34. The summed E-state index contributed by atoms with van der Waals surface area (Å²) in [6.07, 6.45) is 8.17. The van der Waals surface area contributed by atoms with E-state index >= 15 is 0 Å². The molecule has 0 amide bonds. The lowest BCUT2D eigenvalue weighted by molar-refractivity contribution is 0.599. The highest BCUT2D eigenvalue weighted by Crippen LogP contribution is 2.28. The molecule has 1 aliphatic heterocycles. The van der Waals surface area contributed by atoms with Gasteiger partial charge >= 0.3 is 0 Å². The van der Waals surface area contributed by atoms with Crippen LogP contribution in [0.25, 0.3) is 16.1 Å². The van der Waals surface area contributed by atoms with Crippen LogP contribution in [0, 0.1) is 5.92 Å². The van der Waals surface area contributed by atoms with Crippen LogP contribution < -0.4 is 0 Å². The summed E-state index contributed by atoms with van der Waals surface area (Å²) in [6.45, 7) is 0.773. The standard InChI is InChI=1S/C21H19N3S/c1-2-5-18(6-3-1)20-13-16(8-9-23-24-20)11-17-12-19(15-22-14-17)21-7-4-10-25-21/h1-7,10,12-16H,8-9,11H2. The van der Waals surface area contributed by atoms with Crippen LogP contribution in [0.2, 0.25) is 0 Å². The number of rotatable bonds is 4. The minimum Gasteiger partial charge on any atom is -0.264 e. The molecular formula is C21H19N3S. The maximum atomic E-state index is 4.45. The van der Waals surface area contributed by atoms with Crippen LogP contribution in [0.4, 0.5) is 0 Å². The Balaban J connectivity index is 1.57. The van der Waals surface area contributed by atoms with Crippen molar-refractivity contribution in [1.82, 2.24) is 4.98 Å². The first-order chi connectivity index (χ1) is 12.4. The molecule has 1 aromatic carbocycles. The van der Waals surface area contributed by atoms with Gasteiger partial charge in [-0.1, -0.05) is 42.5 Å². The van der Waals surface area contributed by atoms with Gasteiger partial charge in [-0.2, -0.15) is 10.2 Å². The fraction of sp³-hybridized carbons (Fsp3) is 0.190. The van der Waals surface area contributed by atoms with E-state index in [9.17, 15) is 0 Å². The first kappa shape index (κ1) is 15.9. The lowest BCUT2D eigenvalue weighted by Crippen LogP contribution is -2.03. The van der Waals surface area contributed by atoms with Crippen LogP contribution in [0.15, 0.2) is 82.6 Å². The molecule has 0 fully saturated rings. The van der Waals surface area contributed by atoms with Crippen molar-refractivity contribution >= 4 is 17.0 Å². The third kappa shape index (κ3) is 3.91. The van der Waals surface area contributed by atoms with E-state index in [1.807, 2.05) is 30.6 Å². The Morgan fingerprint density at radius 1 is 1.00 bits per heavy atom. The minimum absolute atomic E-state index is 0.422. The quantitative estimate of drug-likeness (QED) is 0.583. The predicted molar refractivity (Wildman–Crippen MR) is 104 cm³/mol. The number of azo groups is 1. The van der Waals surface area contributed by atoms with E-state index < -0.39 is 0 Å². The minimum atomic E-state index is 0.422. The highest BCUT2D eigenvalue weighted by molar-refractivity contribution is 7.13. The average Bonchev–Trinajstić information content (AvgIpc) is 3.10. The number of pyridine rings is 1. The first-order valence-corrected chi connectivity index (χ1v) is 9.39. The van der Waals surface area contributed by atoms with Crippen molar-refractivity contribution in [2.75, 3.05) is 6.54 Å². The maximum Gasteiger partial charge on any atom is 0.0887 e. The van der Waals surface area contributed by atoms with Gasteiger partial charge in [0, 0.05) is 28.4 Å². The Labute approximate surface area is 151 Å². The number of aromatic nitrogens is 1. The van der Waals surface area contributed by atoms with Crippen molar-refractivity contribution in [3.8, 4) is 10.4 Å². The van der Waals surface area contributed by atoms with Gasteiger partial charge in [-0.05, 0) is 41.8 Å². The molecule has 4 heteroatoms. The highest BCUT2D eigenvalue weighted by Gasteiger charge is 2.13. The van der Waals surface area contributed by atoms with Gasteiger partial charge in [-0.3, -0.25) is 4.98 Å². The number of hydrogen-bond donors (Lipinski definition) is 0. The zero-order valence-corrected chi connectivity index (χ0v) is 14.7. The summed E-state index contributed by atoms with van der Waals surface area (Å²) >= 11 is 1.75. The molecule has 0 saturated heterocycles. The third-order valence-corrected chi connectivity index (χ3v) is 5.26. The number of allylic oxidation sites excluding steroid dienone is 1. The molecule has 0 N–H and O–H groups in total.